The molecule has 0 heterocycles. The molecule has 0 unspecified atom stereocenters. The van der Waals surface area contributed by atoms with Crippen LogP contribution >= 0.6 is 0 Å². The van der Waals surface area contributed by atoms with E-state index in [2.05, 4.69) is 16.0 Å². The Labute approximate surface area is 187 Å². The van der Waals surface area contributed by atoms with E-state index in [1.165, 1.54) is 6.92 Å². The fourth-order valence-corrected chi connectivity index (χ4v) is 3.01. The van der Waals surface area contributed by atoms with Crippen LogP contribution < -0.4 is 16.0 Å². The first-order valence-electron chi connectivity index (χ1n) is 10.2. The lowest BCUT2D eigenvalue weighted by Crippen LogP contribution is -2.29. The molecule has 6 heteroatoms. The second-order valence-electron chi connectivity index (χ2n) is 7.24. The summed E-state index contributed by atoms with van der Waals surface area (Å²) in [5, 5.41) is 8.24. The standard InChI is InChI=1S/C26H25N3O3/c1-19(30)28-24(16-20-8-4-2-5-9-20)26(32)29-23-14-12-21(13-15-23)17-25(31)27-18-22-10-6-3-7-11-22/h2-16H,17-18H2,1H3,(H,27,31)(H,28,30)(H,29,32)/b24-16+. The van der Waals surface area contributed by atoms with Crippen molar-refractivity contribution in [2.24, 2.45) is 0 Å². The molecule has 3 amide bonds. The van der Waals surface area contributed by atoms with Crippen molar-refractivity contribution < 1.29 is 14.4 Å². The number of rotatable bonds is 8. The van der Waals surface area contributed by atoms with Crippen molar-refractivity contribution in [1.29, 1.82) is 0 Å². The highest BCUT2D eigenvalue weighted by atomic mass is 16.2. The molecule has 3 N–H and O–H groups in total. The van der Waals surface area contributed by atoms with E-state index in [0.717, 1.165) is 16.7 Å². The average molecular weight is 428 g/mol. The Morgan fingerprint density at radius 3 is 2.03 bits per heavy atom. The molecule has 0 radical (unpaired) electrons. The maximum Gasteiger partial charge on any atom is 0.272 e. The van der Waals surface area contributed by atoms with Crippen molar-refractivity contribution in [1.82, 2.24) is 10.6 Å². The molecular formula is C26H25N3O3. The van der Waals surface area contributed by atoms with Gasteiger partial charge in [0.05, 0.1) is 6.42 Å². The number of benzene rings is 3. The molecule has 6 nitrogen and oxygen atoms in total. The van der Waals surface area contributed by atoms with Gasteiger partial charge in [0.15, 0.2) is 0 Å². The highest BCUT2D eigenvalue weighted by Gasteiger charge is 2.12. The van der Waals surface area contributed by atoms with Gasteiger partial charge >= 0.3 is 0 Å². The van der Waals surface area contributed by atoms with Gasteiger partial charge in [0.2, 0.25) is 11.8 Å². The van der Waals surface area contributed by atoms with Crippen LogP contribution in [0.4, 0.5) is 5.69 Å². The van der Waals surface area contributed by atoms with E-state index >= 15 is 0 Å². The molecule has 0 fully saturated rings. The molecule has 32 heavy (non-hydrogen) atoms. The summed E-state index contributed by atoms with van der Waals surface area (Å²) in [7, 11) is 0. The molecule has 0 saturated heterocycles. The Balaban J connectivity index is 1.58. The van der Waals surface area contributed by atoms with Gasteiger partial charge in [-0.2, -0.15) is 0 Å². The van der Waals surface area contributed by atoms with Gasteiger partial charge in [-0.3, -0.25) is 14.4 Å². The zero-order valence-electron chi connectivity index (χ0n) is 17.8. The minimum absolute atomic E-state index is 0.0793. The number of anilines is 1. The molecule has 3 aromatic rings. The predicted octanol–water partition coefficient (Wildman–Crippen LogP) is 3.66. The fraction of sp³-hybridized carbons (Fsp3) is 0.115. The van der Waals surface area contributed by atoms with E-state index in [9.17, 15) is 14.4 Å². The third-order valence-corrected chi connectivity index (χ3v) is 4.57. The molecule has 0 saturated carbocycles. The lowest BCUT2D eigenvalue weighted by molar-refractivity contribution is -0.121. The highest BCUT2D eigenvalue weighted by Crippen LogP contribution is 2.13. The molecule has 0 aliphatic rings. The summed E-state index contributed by atoms with van der Waals surface area (Å²) in [6, 6.07) is 26.0. The molecule has 0 bridgehead atoms. The molecule has 0 aromatic heterocycles. The average Bonchev–Trinajstić information content (AvgIpc) is 2.80. The maximum absolute atomic E-state index is 12.7. The van der Waals surface area contributed by atoms with Gasteiger partial charge in [0.1, 0.15) is 5.70 Å². The van der Waals surface area contributed by atoms with E-state index in [4.69, 9.17) is 0 Å². The molecular weight excluding hydrogens is 402 g/mol. The summed E-state index contributed by atoms with van der Waals surface area (Å²) < 4.78 is 0. The van der Waals surface area contributed by atoms with Crippen LogP contribution in [0.3, 0.4) is 0 Å². The minimum Gasteiger partial charge on any atom is -0.352 e. The Bertz CT molecular complexity index is 1090. The van der Waals surface area contributed by atoms with Crippen molar-refractivity contribution in [3.63, 3.8) is 0 Å². The topological polar surface area (TPSA) is 87.3 Å². The summed E-state index contributed by atoms with van der Waals surface area (Å²) in [5.74, 6) is -0.846. The van der Waals surface area contributed by atoms with Crippen molar-refractivity contribution in [3.8, 4) is 0 Å². The van der Waals surface area contributed by atoms with E-state index in [-0.39, 0.29) is 23.9 Å². The van der Waals surface area contributed by atoms with Crippen LogP contribution in [-0.2, 0) is 27.3 Å². The van der Waals surface area contributed by atoms with Crippen molar-refractivity contribution >= 4 is 29.5 Å². The summed E-state index contributed by atoms with van der Waals surface area (Å²) in [6.45, 7) is 1.83. The quantitative estimate of drug-likeness (QED) is 0.480. The van der Waals surface area contributed by atoms with E-state index in [1.807, 2.05) is 60.7 Å². The first-order chi connectivity index (χ1) is 15.5. The van der Waals surface area contributed by atoms with Crippen LogP contribution in [0.15, 0.2) is 90.6 Å². The SMILES string of the molecule is CC(=O)N/C(=C/c1ccccc1)C(=O)Nc1ccc(CC(=O)NCc2ccccc2)cc1. The third-order valence-electron chi connectivity index (χ3n) is 4.57. The van der Waals surface area contributed by atoms with Crippen LogP contribution in [0.2, 0.25) is 0 Å². The first-order valence-corrected chi connectivity index (χ1v) is 10.2. The zero-order chi connectivity index (χ0) is 22.8. The number of hydrogen-bond donors (Lipinski definition) is 3. The Kier molecular flexibility index (Phi) is 7.92. The van der Waals surface area contributed by atoms with Crippen LogP contribution in [0.1, 0.15) is 23.6 Å². The Morgan fingerprint density at radius 1 is 0.781 bits per heavy atom. The van der Waals surface area contributed by atoms with Crippen molar-refractivity contribution in [2.75, 3.05) is 5.32 Å². The second-order valence-corrected chi connectivity index (χ2v) is 7.24. The van der Waals surface area contributed by atoms with Crippen molar-refractivity contribution in [2.45, 2.75) is 19.9 Å². The second kappa shape index (κ2) is 11.3. The molecule has 3 aromatic carbocycles. The summed E-state index contributed by atoms with van der Waals surface area (Å²) in [4.78, 5) is 36.4. The number of nitrogens with one attached hydrogen (secondary N) is 3. The van der Waals surface area contributed by atoms with Gasteiger partial charge in [-0.25, -0.2) is 0 Å². The monoisotopic (exact) mass is 427 g/mol. The van der Waals surface area contributed by atoms with Gasteiger partial charge in [-0.15, -0.1) is 0 Å². The Morgan fingerprint density at radius 2 is 1.41 bits per heavy atom. The molecule has 0 aliphatic heterocycles. The van der Waals surface area contributed by atoms with E-state index < -0.39 is 5.91 Å². The number of amides is 3. The van der Waals surface area contributed by atoms with E-state index in [0.29, 0.717) is 12.2 Å². The van der Waals surface area contributed by atoms with Crippen LogP contribution in [0, 0.1) is 0 Å². The molecule has 162 valence electrons. The van der Waals surface area contributed by atoms with E-state index in [1.54, 1.807) is 30.3 Å². The summed E-state index contributed by atoms with van der Waals surface area (Å²) in [5.41, 5.74) is 3.37. The zero-order valence-corrected chi connectivity index (χ0v) is 17.8. The molecule has 0 aliphatic carbocycles. The summed E-state index contributed by atoms with van der Waals surface area (Å²) >= 11 is 0. The highest BCUT2D eigenvalue weighted by molar-refractivity contribution is 6.08. The summed E-state index contributed by atoms with van der Waals surface area (Å²) in [6.07, 6.45) is 1.86. The van der Waals surface area contributed by atoms with Crippen LogP contribution in [0.25, 0.3) is 6.08 Å². The Hall–Kier alpha value is -4.19. The van der Waals surface area contributed by atoms with Gasteiger partial charge < -0.3 is 16.0 Å². The van der Waals surface area contributed by atoms with Crippen LogP contribution in [-0.4, -0.2) is 17.7 Å². The molecule has 3 rings (SSSR count). The first kappa shape index (κ1) is 22.5. The van der Waals surface area contributed by atoms with Gasteiger partial charge in [0.25, 0.3) is 5.91 Å². The van der Waals surface area contributed by atoms with Crippen LogP contribution in [0.5, 0.6) is 0 Å². The lowest BCUT2D eigenvalue weighted by atomic mass is 10.1. The number of carbonyl (C=O) groups excluding carboxylic acids is 3. The van der Waals surface area contributed by atoms with Gasteiger partial charge in [-0.05, 0) is 34.9 Å². The van der Waals surface area contributed by atoms with Crippen molar-refractivity contribution in [3.05, 3.63) is 107 Å². The third kappa shape index (κ3) is 7.25. The fourth-order valence-electron chi connectivity index (χ4n) is 3.01. The smallest absolute Gasteiger partial charge is 0.272 e. The van der Waals surface area contributed by atoms with Gasteiger partial charge in [0, 0.05) is 19.2 Å². The maximum atomic E-state index is 12.7. The number of carbonyl (C=O) groups is 3. The predicted molar refractivity (Wildman–Crippen MR) is 125 cm³/mol. The number of hydrogen-bond acceptors (Lipinski definition) is 3. The minimum atomic E-state index is -0.433. The van der Waals surface area contributed by atoms with Gasteiger partial charge in [-0.1, -0.05) is 72.8 Å². The largest absolute Gasteiger partial charge is 0.352 e. The lowest BCUT2D eigenvalue weighted by Gasteiger charge is -2.11. The molecule has 0 atom stereocenters. The normalized spacial score (nSPS) is 10.8. The molecule has 0 spiro atoms.